The summed E-state index contributed by atoms with van der Waals surface area (Å²) < 4.78 is 4.99. The van der Waals surface area contributed by atoms with Gasteiger partial charge in [-0.05, 0) is 49.2 Å². The molecule has 0 radical (unpaired) electrons. The number of hydrogen-bond donors (Lipinski definition) is 1. The van der Waals surface area contributed by atoms with E-state index in [0.29, 0.717) is 11.1 Å². The number of carbonyl (C=O) groups excluding carboxylic acids is 1. The SMILES string of the molecule is CC(Cc1ccoc1)NC(=O)c1ccc(C#N)cc1. The smallest absolute Gasteiger partial charge is 0.251 e. The molecule has 1 amide bonds. The third kappa shape index (κ3) is 3.46. The van der Waals surface area contributed by atoms with Crippen molar-refractivity contribution in [3.05, 3.63) is 59.5 Å². The highest BCUT2D eigenvalue weighted by atomic mass is 16.3. The molecule has 0 bridgehead atoms. The summed E-state index contributed by atoms with van der Waals surface area (Å²) in [5, 5.41) is 11.6. The first-order valence-electron chi connectivity index (χ1n) is 6.01. The highest BCUT2D eigenvalue weighted by molar-refractivity contribution is 5.94. The van der Waals surface area contributed by atoms with Gasteiger partial charge in [-0.15, -0.1) is 0 Å². The normalized spacial score (nSPS) is 11.6. The summed E-state index contributed by atoms with van der Waals surface area (Å²) in [6.45, 7) is 1.94. The molecule has 2 rings (SSSR count). The lowest BCUT2D eigenvalue weighted by molar-refractivity contribution is 0.0940. The molecule has 1 atom stereocenters. The maximum atomic E-state index is 12.0. The molecule has 0 saturated heterocycles. The quantitative estimate of drug-likeness (QED) is 0.911. The minimum atomic E-state index is -0.138. The molecule has 4 nitrogen and oxygen atoms in total. The van der Waals surface area contributed by atoms with Gasteiger partial charge >= 0.3 is 0 Å². The number of nitriles is 1. The fraction of sp³-hybridized carbons (Fsp3) is 0.200. The number of nitrogens with zero attached hydrogens (tertiary/aromatic N) is 1. The number of rotatable bonds is 4. The van der Waals surface area contributed by atoms with Crippen LogP contribution in [-0.4, -0.2) is 11.9 Å². The third-order valence-corrected chi connectivity index (χ3v) is 2.78. The first kappa shape index (κ1) is 12.9. The average molecular weight is 254 g/mol. The second-order valence-electron chi connectivity index (χ2n) is 4.40. The van der Waals surface area contributed by atoms with Gasteiger partial charge in [-0.2, -0.15) is 5.26 Å². The molecule has 0 spiro atoms. The van der Waals surface area contributed by atoms with Gasteiger partial charge in [0.25, 0.3) is 5.91 Å². The van der Waals surface area contributed by atoms with E-state index in [1.165, 1.54) is 0 Å². The molecule has 1 aromatic carbocycles. The van der Waals surface area contributed by atoms with Crippen molar-refractivity contribution in [1.29, 1.82) is 5.26 Å². The van der Waals surface area contributed by atoms with Gasteiger partial charge in [0.1, 0.15) is 0 Å². The number of furan rings is 1. The molecule has 1 aromatic heterocycles. The van der Waals surface area contributed by atoms with Gasteiger partial charge in [0.2, 0.25) is 0 Å². The molecule has 1 heterocycles. The van der Waals surface area contributed by atoms with Gasteiger partial charge in [0.05, 0.1) is 24.2 Å². The Balaban J connectivity index is 1.94. The lowest BCUT2D eigenvalue weighted by atomic mass is 10.1. The van der Waals surface area contributed by atoms with Crippen molar-refractivity contribution in [3.8, 4) is 6.07 Å². The van der Waals surface area contributed by atoms with Crippen molar-refractivity contribution in [3.63, 3.8) is 0 Å². The van der Waals surface area contributed by atoms with E-state index in [4.69, 9.17) is 9.68 Å². The van der Waals surface area contributed by atoms with Crippen LogP contribution in [-0.2, 0) is 6.42 Å². The van der Waals surface area contributed by atoms with E-state index >= 15 is 0 Å². The van der Waals surface area contributed by atoms with E-state index in [9.17, 15) is 4.79 Å². The Labute approximate surface area is 111 Å². The zero-order chi connectivity index (χ0) is 13.7. The maximum absolute atomic E-state index is 12.0. The zero-order valence-electron chi connectivity index (χ0n) is 10.6. The molecule has 1 N–H and O–H groups in total. The van der Waals surface area contributed by atoms with E-state index < -0.39 is 0 Å². The van der Waals surface area contributed by atoms with E-state index in [1.54, 1.807) is 36.8 Å². The molecular weight excluding hydrogens is 240 g/mol. The Hall–Kier alpha value is -2.54. The van der Waals surface area contributed by atoms with Crippen molar-refractivity contribution in [1.82, 2.24) is 5.32 Å². The molecule has 0 fully saturated rings. The van der Waals surface area contributed by atoms with Gasteiger partial charge < -0.3 is 9.73 Å². The predicted octanol–water partition coefficient (Wildman–Crippen LogP) is 2.51. The number of carbonyl (C=O) groups is 1. The Morgan fingerprint density at radius 3 is 2.68 bits per heavy atom. The first-order chi connectivity index (χ1) is 9.19. The lowest BCUT2D eigenvalue weighted by Crippen LogP contribution is -2.33. The highest BCUT2D eigenvalue weighted by Crippen LogP contribution is 2.06. The fourth-order valence-corrected chi connectivity index (χ4v) is 1.82. The predicted molar refractivity (Wildman–Crippen MR) is 70.5 cm³/mol. The van der Waals surface area contributed by atoms with Gasteiger partial charge in [0, 0.05) is 11.6 Å². The molecular formula is C15H14N2O2. The average Bonchev–Trinajstić information content (AvgIpc) is 2.91. The van der Waals surface area contributed by atoms with E-state index in [0.717, 1.165) is 12.0 Å². The summed E-state index contributed by atoms with van der Waals surface area (Å²) in [5.74, 6) is -0.138. The highest BCUT2D eigenvalue weighted by Gasteiger charge is 2.10. The van der Waals surface area contributed by atoms with Crippen molar-refractivity contribution in [2.45, 2.75) is 19.4 Å². The van der Waals surface area contributed by atoms with Gasteiger partial charge in [-0.25, -0.2) is 0 Å². The van der Waals surface area contributed by atoms with Crippen LogP contribution < -0.4 is 5.32 Å². The fourth-order valence-electron chi connectivity index (χ4n) is 1.82. The van der Waals surface area contributed by atoms with Crippen LogP contribution in [0.2, 0.25) is 0 Å². The Morgan fingerprint density at radius 2 is 2.11 bits per heavy atom. The number of benzene rings is 1. The molecule has 4 heteroatoms. The minimum Gasteiger partial charge on any atom is -0.472 e. The van der Waals surface area contributed by atoms with Crippen LogP contribution in [0.1, 0.15) is 28.4 Å². The van der Waals surface area contributed by atoms with Crippen LogP contribution in [0.25, 0.3) is 0 Å². The Morgan fingerprint density at radius 1 is 1.37 bits per heavy atom. The first-order valence-corrected chi connectivity index (χ1v) is 6.01. The number of nitrogens with one attached hydrogen (secondary N) is 1. The van der Waals surface area contributed by atoms with Crippen molar-refractivity contribution in [2.24, 2.45) is 0 Å². The van der Waals surface area contributed by atoms with Crippen LogP contribution >= 0.6 is 0 Å². The summed E-state index contributed by atoms with van der Waals surface area (Å²) in [4.78, 5) is 12.0. The van der Waals surface area contributed by atoms with Crippen LogP contribution in [0.3, 0.4) is 0 Å². The summed E-state index contributed by atoms with van der Waals surface area (Å²) in [6.07, 6.45) is 4.01. The molecule has 0 aliphatic rings. The van der Waals surface area contributed by atoms with Crippen LogP contribution in [0.4, 0.5) is 0 Å². The maximum Gasteiger partial charge on any atom is 0.251 e. The largest absolute Gasteiger partial charge is 0.472 e. The summed E-state index contributed by atoms with van der Waals surface area (Å²) in [6, 6.07) is 10.5. The summed E-state index contributed by atoms with van der Waals surface area (Å²) in [7, 11) is 0. The van der Waals surface area contributed by atoms with E-state index in [-0.39, 0.29) is 11.9 Å². The monoisotopic (exact) mass is 254 g/mol. The van der Waals surface area contributed by atoms with Gasteiger partial charge in [-0.1, -0.05) is 0 Å². The van der Waals surface area contributed by atoms with E-state index in [1.807, 2.05) is 19.1 Å². The van der Waals surface area contributed by atoms with Crippen molar-refractivity contribution < 1.29 is 9.21 Å². The number of hydrogen-bond acceptors (Lipinski definition) is 3. The summed E-state index contributed by atoms with van der Waals surface area (Å²) in [5.41, 5.74) is 2.15. The van der Waals surface area contributed by atoms with Crippen molar-refractivity contribution in [2.75, 3.05) is 0 Å². The molecule has 96 valence electrons. The van der Waals surface area contributed by atoms with Crippen LogP contribution in [0, 0.1) is 11.3 Å². The van der Waals surface area contributed by atoms with Crippen molar-refractivity contribution >= 4 is 5.91 Å². The Kier molecular flexibility index (Phi) is 3.99. The number of amides is 1. The second-order valence-corrected chi connectivity index (χ2v) is 4.40. The van der Waals surface area contributed by atoms with Gasteiger partial charge in [0.15, 0.2) is 0 Å². The van der Waals surface area contributed by atoms with Crippen LogP contribution in [0.5, 0.6) is 0 Å². The topological polar surface area (TPSA) is 66.0 Å². The molecule has 0 aliphatic heterocycles. The standard InChI is InChI=1S/C15H14N2O2/c1-11(8-13-6-7-19-10-13)17-15(18)14-4-2-12(9-16)3-5-14/h2-7,10-11H,8H2,1H3,(H,17,18). The zero-order valence-corrected chi connectivity index (χ0v) is 10.6. The summed E-state index contributed by atoms with van der Waals surface area (Å²) >= 11 is 0. The van der Waals surface area contributed by atoms with E-state index in [2.05, 4.69) is 5.32 Å². The third-order valence-electron chi connectivity index (χ3n) is 2.78. The molecule has 0 saturated carbocycles. The molecule has 19 heavy (non-hydrogen) atoms. The molecule has 1 unspecified atom stereocenters. The molecule has 2 aromatic rings. The van der Waals surface area contributed by atoms with Gasteiger partial charge in [-0.3, -0.25) is 4.79 Å². The lowest BCUT2D eigenvalue weighted by Gasteiger charge is -2.12. The molecule has 0 aliphatic carbocycles. The second kappa shape index (κ2) is 5.87. The minimum absolute atomic E-state index is 0.0146. The van der Waals surface area contributed by atoms with Crippen LogP contribution in [0.15, 0.2) is 47.3 Å². The Bertz CT molecular complexity index is 580.